The van der Waals surface area contributed by atoms with Crippen molar-refractivity contribution in [1.82, 2.24) is 9.97 Å². The molecular weight excluding hydrogens is 516 g/mol. The third kappa shape index (κ3) is 12.9. The Kier molecular flexibility index (Phi) is 15.9. The summed E-state index contributed by atoms with van der Waals surface area (Å²) in [6, 6.07) is 16.3. The molecule has 0 spiro atoms. The molecule has 4 heteroatoms. The van der Waals surface area contributed by atoms with Gasteiger partial charge in [-0.15, -0.1) is 0 Å². The van der Waals surface area contributed by atoms with Crippen molar-refractivity contribution in [3.05, 3.63) is 66.5 Å². The van der Waals surface area contributed by atoms with Crippen LogP contribution in [0.2, 0.25) is 0 Å². The van der Waals surface area contributed by atoms with E-state index in [-0.39, 0.29) is 5.97 Å². The molecule has 1 unspecified atom stereocenters. The standard InChI is InChI=1S/C38H54N2O2/c1-4-6-7-8-9-10-11-12-16-19-32-21-23-34(24-22-32)38-39-29-35(30-40-38)33-25-27-36(28-26-33)42-37(41)20-17-14-13-15-18-31(3)5-2/h21-31H,4-20H2,1-3H3. The van der Waals surface area contributed by atoms with Crippen molar-refractivity contribution in [2.24, 2.45) is 5.92 Å². The van der Waals surface area contributed by atoms with E-state index in [0.717, 1.165) is 47.7 Å². The maximum absolute atomic E-state index is 12.2. The monoisotopic (exact) mass is 570 g/mol. The van der Waals surface area contributed by atoms with Gasteiger partial charge < -0.3 is 4.74 Å². The van der Waals surface area contributed by atoms with Crippen LogP contribution in [0.3, 0.4) is 0 Å². The molecule has 0 N–H and O–H groups in total. The molecule has 3 aromatic rings. The minimum absolute atomic E-state index is 0.156. The highest BCUT2D eigenvalue weighted by Gasteiger charge is 2.08. The van der Waals surface area contributed by atoms with Gasteiger partial charge in [0.15, 0.2) is 5.82 Å². The van der Waals surface area contributed by atoms with Crippen molar-refractivity contribution in [2.45, 2.75) is 130 Å². The number of carbonyl (C=O) groups excluding carboxylic acids is 1. The Morgan fingerprint density at radius 3 is 1.88 bits per heavy atom. The summed E-state index contributed by atoms with van der Waals surface area (Å²) < 4.78 is 5.54. The minimum atomic E-state index is -0.156. The van der Waals surface area contributed by atoms with Gasteiger partial charge in [0.1, 0.15) is 5.75 Å². The smallest absolute Gasteiger partial charge is 0.311 e. The van der Waals surface area contributed by atoms with Gasteiger partial charge in [0.2, 0.25) is 0 Å². The highest BCUT2D eigenvalue weighted by molar-refractivity contribution is 5.73. The first-order chi connectivity index (χ1) is 20.6. The Morgan fingerprint density at radius 1 is 0.667 bits per heavy atom. The number of nitrogens with zero attached hydrogens (tertiary/aromatic N) is 2. The summed E-state index contributed by atoms with van der Waals surface area (Å²) in [6.45, 7) is 6.83. The number of hydrogen-bond acceptors (Lipinski definition) is 4. The molecule has 0 saturated carbocycles. The number of benzene rings is 2. The maximum atomic E-state index is 12.2. The third-order valence-corrected chi connectivity index (χ3v) is 8.38. The van der Waals surface area contributed by atoms with E-state index in [4.69, 9.17) is 4.74 Å². The van der Waals surface area contributed by atoms with E-state index >= 15 is 0 Å². The fraction of sp³-hybridized carbons (Fsp3) is 0.553. The molecule has 3 rings (SSSR count). The van der Waals surface area contributed by atoms with E-state index in [2.05, 4.69) is 55.0 Å². The maximum Gasteiger partial charge on any atom is 0.311 e. The number of carbonyl (C=O) groups is 1. The van der Waals surface area contributed by atoms with Crippen molar-refractivity contribution in [3.8, 4) is 28.3 Å². The van der Waals surface area contributed by atoms with E-state index in [1.807, 2.05) is 36.7 Å². The van der Waals surface area contributed by atoms with Crippen molar-refractivity contribution < 1.29 is 9.53 Å². The van der Waals surface area contributed by atoms with Crippen molar-refractivity contribution in [3.63, 3.8) is 0 Å². The molecule has 0 aliphatic heterocycles. The van der Waals surface area contributed by atoms with Gasteiger partial charge in [-0.1, -0.05) is 141 Å². The Bertz CT molecular complexity index is 1120. The summed E-state index contributed by atoms with van der Waals surface area (Å²) in [7, 11) is 0. The Morgan fingerprint density at radius 2 is 1.24 bits per heavy atom. The zero-order valence-electron chi connectivity index (χ0n) is 26.6. The highest BCUT2D eigenvalue weighted by Crippen LogP contribution is 2.24. The van der Waals surface area contributed by atoms with E-state index in [0.29, 0.717) is 12.2 Å². The minimum Gasteiger partial charge on any atom is -0.427 e. The molecule has 42 heavy (non-hydrogen) atoms. The predicted octanol–water partition coefficient (Wildman–Crippen LogP) is 11.2. The van der Waals surface area contributed by atoms with Crippen LogP contribution < -0.4 is 4.74 Å². The molecule has 1 heterocycles. The molecule has 0 bridgehead atoms. The molecule has 0 aliphatic rings. The number of hydrogen-bond donors (Lipinski definition) is 0. The van der Waals surface area contributed by atoms with Crippen LogP contribution in [0, 0.1) is 5.92 Å². The van der Waals surface area contributed by atoms with Gasteiger partial charge in [0.05, 0.1) is 0 Å². The first-order valence-electron chi connectivity index (χ1n) is 16.8. The van der Waals surface area contributed by atoms with Gasteiger partial charge in [-0.2, -0.15) is 0 Å². The molecule has 1 aromatic heterocycles. The van der Waals surface area contributed by atoms with Crippen LogP contribution in [-0.2, 0) is 11.2 Å². The van der Waals surface area contributed by atoms with Crippen molar-refractivity contribution >= 4 is 5.97 Å². The molecule has 1 atom stereocenters. The second-order valence-corrected chi connectivity index (χ2v) is 12.0. The normalized spacial score (nSPS) is 11.9. The number of aryl methyl sites for hydroxylation is 1. The van der Waals surface area contributed by atoms with Gasteiger partial charge in [-0.25, -0.2) is 9.97 Å². The molecule has 4 nitrogen and oxygen atoms in total. The lowest BCUT2D eigenvalue weighted by molar-refractivity contribution is -0.134. The van der Waals surface area contributed by atoms with Crippen LogP contribution in [0.25, 0.3) is 22.5 Å². The summed E-state index contributed by atoms with van der Waals surface area (Å²) in [5.74, 6) is 1.97. The summed E-state index contributed by atoms with van der Waals surface area (Å²) in [5.41, 5.74) is 4.36. The van der Waals surface area contributed by atoms with Gasteiger partial charge in [-0.05, 0) is 48.4 Å². The van der Waals surface area contributed by atoms with Crippen LogP contribution in [0.5, 0.6) is 5.75 Å². The number of esters is 1. The van der Waals surface area contributed by atoms with Gasteiger partial charge in [0.25, 0.3) is 0 Å². The van der Waals surface area contributed by atoms with Crippen molar-refractivity contribution in [2.75, 3.05) is 0 Å². The first-order valence-corrected chi connectivity index (χ1v) is 16.8. The fourth-order valence-electron chi connectivity index (χ4n) is 5.30. The molecule has 0 amide bonds. The Balaban J connectivity index is 1.36. The number of rotatable bonds is 21. The first kappa shape index (κ1) is 33.5. The quantitative estimate of drug-likeness (QED) is 0.0726. The molecule has 2 aromatic carbocycles. The summed E-state index contributed by atoms with van der Waals surface area (Å²) >= 11 is 0. The zero-order valence-corrected chi connectivity index (χ0v) is 26.6. The SMILES string of the molecule is CCCCCCCCCCCc1ccc(-c2ncc(-c3ccc(OC(=O)CCCCCCC(C)CC)cc3)cn2)cc1. The Labute approximate surface area is 255 Å². The molecule has 228 valence electrons. The third-order valence-electron chi connectivity index (χ3n) is 8.38. The summed E-state index contributed by atoms with van der Waals surface area (Å²) in [6.07, 6.45) is 24.5. The van der Waals surface area contributed by atoms with Crippen LogP contribution in [0.4, 0.5) is 0 Å². The second-order valence-electron chi connectivity index (χ2n) is 12.0. The van der Waals surface area contributed by atoms with E-state index in [1.54, 1.807) is 0 Å². The van der Waals surface area contributed by atoms with Crippen molar-refractivity contribution in [1.29, 1.82) is 0 Å². The van der Waals surface area contributed by atoms with E-state index in [9.17, 15) is 4.79 Å². The Hall–Kier alpha value is -3.01. The number of aromatic nitrogens is 2. The largest absolute Gasteiger partial charge is 0.427 e. The molecule has 0 saturated heterocycles. The second kappa shape index (κ2) is 20.0. The van der Waals surface area contributed by atoms with Gasteiger partial charge in [0, 0.05) is 29.9 Å². The van der Waals surface area contributed by atoms with Crippen LogP contribution in [0.1, 0.15) is 129 Å². The lowest BCUT2D eigenvalue weighted by Gasteiger charge is -2.08. The van der Waals surface area contributed by atoms with Crippen LogP contribution in [0.15, 0.2) is 60.9 Å². The van der Waals surface area contributed by atoms with Gasteiger partial charge >= 0.3 is 5.97 Å². The number of unbranched alkanes of at least 4 members (excludes halogenated alkanes) is 11. The highest BCUT2D eigenvalue weighted by atomic mass is 16.5. The topological polar surface area (TPSA) is 52.1 Å². The lowest BCUT2D eigenvalue weighted by atomic mass is 10.0. The lowest BCUT2D eigenvalue weighted by Crippen LogP contribution is -2.07. The average molecular weight is 571 g/mol. The average Bonchev–Trinajstić information content (AvgIpc) is 3.02. The molecule has 0 fully saturated rings. The van der Waals surface area contributed by atoms with E-state index < -0.39 is 0 Å². The number of ether oxygens (including phenoxy) is 1. The van der Waals surface area contributed by atoms with Gasteiger partial charge in [-0.3, -0.25) is 4.79 Å². The fourth-order valence-corrected chi connectivity index (χ4v) is 5.30. The molecular formula is C38H54N2O2. The predicted molar refractivity (Wildman–Crippen MR) is 177 cm³/mol. The zero-order chi connectivity index (χ0) is 29.8. The van der Waals surface area contributed by atoms with E-state index in [1.165, 1.54) is 89.0 Å². The summed E-state index contributed by atoms with van der Waals surface area (Å²) in [5, 5.41) is 0. The summed E-state index contributed by atoms with van der Waals surface area (Å²) in [4.78, 5) is 21.5. The van der Waals surface area contributed by atoms with Crippen LogP contribution >= 0.6 is 0 Å². The van der Waals surface area contributed by atoms with Crippen LogP contribution in [-0.4, -0.2) is 15.9 Å². The molecule has 0 aliphatic carbocycles. The molecule has 0 radical (unpaired) electrons.